The molecule has 0 saturated carbocycles. The van der Waals surface area contributed by atoms with E-state index in [-0.39, 0.29) is 23.9 Å². The number of carboxylic acid groups (broad SMARTS) is 1. The highest BCUT2D eigenvalue weighted by atomic mass is 32.2. The van der Waals surface area contributed by atoms with Gasteiger partial charge in [-0.2, -0.15) is 0 Å². The summed E-state index contributed by atoms with van der Waals surface area (Å²) >= 11 is 0. The maximum Gasteiger partial charge on any atom is 0.371 e. The predicted molar refractivity (Wildman–Crippen MR) is 49.5 cm³/mol. The fraction of sp³-hybridized carbons (Fsp3) is 0.375. The Morgan fingerprint density at radius 3 is 2.71 bits per heavy atom. The van der Waals surface area contributed by atoms with E-state index in [0.29, 0.717) is 5.76 Å². The lowest BCUT2D eigenvalue weighted by Crippen LogP contribution is -2.03. The summed E-state index contributed by atoms with van der Waals surface area (Å²) in [6.45, 7) is -0.154. The van der Waals surface area contributed by atoms with Crippen molar-refractivity contribution in [2.45, 2.75) is 5.75 Å². The second-order valence-corrected chi connectivity index (χ2v) is 4.16. The Kier molecular flexibility index (Phi) is 3.84. The molecule has 0 saturated heterocycles. The molecule has 78 valence electrons. The molecule has 0 aliphatic carbocycles. The number of hydrogen-bond donors (Lipinski definition) is 2. The monoisotopic (exact) mass is 218 g/mol. The molecule has 1 aromatic rings. The summed E-state index contributed by atoms with van der Waals surface area (Å²) in [6.07, 6.45) is 0. The molecule has 1 rings (SSSR count). The van der Waals surface area contributed by atoms with Crippen molar-refractivity contribution in [3.63, 3.8) is 0 Å². The zero-order valence-electron chi connectivity index (χ0n) is 7.30. The van der Waals surface area contributed by atoms with E-state index in [1.165, 1.54) is 12.1 Å². The van der Waals surface area contributed by atoms with Crippen molar-refractivity contribution in [2.24, 2.45) is 0 Å². The zero-order valence-corrected chi connectivity index (χ0v) is 8.12. The first kappa shape index (κ1) is 10.9. The molecule has 0 fully saturated rings. The smallest absolute Gasteiger partial charge is 0.371 e. The van der Waals surface area contributed by atoms with Crippen molar-refractivity contribution in [2.75, 3.05) is 12.4 Å². The third-order valence-electron chi connectivity index (χ3n) is 1.49. The number of aliphatic hydroxyl groups is 1. The van der Waals surface area contributed by atoms with E-state index in [1.54, 1.807) is 0 Å². The first-order chi connectivity index (χ1) is 6.63. The second-order valence-electron chi connectivity index (χ2n) is 2.58. The minimum atomic E-state index is -1.21. The molecule has 1 unspecified atom stereocenters. The fourth-order valence-corrected chi connectivity index (χ4v) is 1.72. The van der Waals surface area contributed by atoms with Gasteiger partial charge in [-0.25, -0.2) is 4.79 Å². The van der Waals surface area contributed by atoms with Gasteiger partial charge < -0.3 is 14.6 Å². The van der Waals surface area contributed by atoms with Gasteiger partial charge in [0, 0.05) is 16.6 Å². The molecule has 0 aliphatic rings. The Morgan fingerprint density at radius 2 is 2.21 bits per heavy atom. The van der Waals surface area contributed by atoms with E-state index in [2.05, 4.69) is 0 Å². The van der Waals surface area contributed by atoms with E-state index in [0.717, 1.165) is 0 Å². The molecule has 1 heterocycles. The first-order valence-electron chi connectivity index (χ1n) is 3.91. The van der Waals surface area contributed by atoms with Crippen LogP contribution in [-0.2, 0) is 16.6 Å². The standard InChI is InChI=1S/C8H10O5S/c9-3-4-14(12)5-6-1-2-7(13-6)8(10)11/h1-2,9H,3-5H2,(H,10,11). The van der Waals surface area contributed by atoms with E-state index >= 15 is 0 Å². The number of carboxylic acids is 1. The van der Waals surface area contributed by atoms with E-state index in [4.69, 9.17) is 14.6 Å². The van der Waals surface area contributed by atoms with Gasteiger partial charge >= 0.3 is 5.97 Å². The van der Waals surface area contributed by atoms with Crippen LogP contribution in [0.1, 0.15) is 16.3 Å². The number of hydrogen-bond acceptors (Lipinski definition) is 4. The Morgan fingerprint density at radius 1 is 1.50 bits per heavy atom. The van der Waals surface area contributed by atoms with Crippen LogP contribution in [0.4, 0.5) is 0 Å². The van der Waals surface area contributed by atoms with Gasteiger partial charge in [0.15, 0.2) is 0 Å². The normalized spacial score (nSPS) is 12.6. The Hall–Kier alpha value is -1.14. The Bertz CT molecular complexity index is 343. The maximum absolute atomic E-state index is 11.1. The second kappa shape index (κ2) is 4.92. The summed E-state index contributed by atoms with van der Waals surface area (Å²) in [6, 6.07) is 2.78. The van der Waals surface area contributed by atoms with Crippen LogP contribution in [-0.4, -0.2) is 32.8 Å². The average Bonchev–Trinajstić information content (AvgIpc) is 2.53. The highest BCUT2D eigenvalue weighted by Crippen LogP contribution is 2.09. The van der Waals surface area contributed by atoms with Crippen molar-refractivity contribution in [1.82, 2.24) is 0 Å². The molecule has 6 heteroatoms. The minimum absolute atomic E-state index is 0.133. The van der Waals surface area contributed by atoms with Gasteiger partial charge in [0.05, 0.1) is 12.4 Å². The van der Waals surface area contributed by atoms with Crippen LogP contribution < -0.4 is 0 Å². The van der Waals surface area contributed by atoms with Crippen LogP contribution in [0.2, 0.25) is 0 Å². The van der Waals surface area contributed by atoms with Crippen molar-refractivity contribution >= 4 is 16.8 Å². The third-order valence-corrected chi connectivity index (χ3v) is 2.74. The molecule has 0 aliphatic heterocycles. The molecule has 5 nitrogen and oxygen atoms in total. The van der Waals surface area contributed by atoms with Crippen molar-refractivity contribution < 1.29 is 23.6 Å². The van der Waals surface area contributed by atoms with Crippen LogP contribution in [0.25, 0.3) is 0 Å². The molecule has 14 heavy (non-hydrogen) atoms. The molecule has 0 aromatic carbocycles. The Balaban J connectivity index is 2.59. The highest BCUT2D eigenvalue weighted by molar-refractivity contribution is 7.84. The number of rotatable bonds is 5. The average molecular weight is 218 g/mol. The third kappa shape index (κ3) is 2.97. The number of furan rings is 1. The topological polar surface area (TPSA) is 87.7 Å². The van der Waals surface area contributed by atoms with Crippen LogP contribution in [0.5, 0.6) is 0 Å². The van der Waals surface area contributed by atoms with Crippen LogP contribution in [0, 0.1) is 0 Å². The van der Waals surface area contributed by atoms with Gasteiger partial charge in [0.2, 0.25) is 5.76 Å². The van der Waals surface area contributed by atoms with Crippen molar-refractivity contribution in [1.29, 1.82) is 0 Å². The van der Waals surface area contributed by atoms with E-state index < -0.39 is 16.8 Å². The summed E-state index contributed by atoms with van der Waals surface area (Å²) in [4.78, 5) is 10.4. The largest absolute Gasteiger partial charge is 0.475 e. The number of aromatic carboxylic acids is 1. The summed E-state index contributed by atoms with van der Waals surface area (Å²) in [5.74, 6) is -0.656. The van der Waals surface area contributed by atoms with E-state index in [1.807, 2.05) is 0 Å². The fourth-order valence-electron chi connectivity index (χ4n) is 0.903. The predicted octanol–water partition coefficient (Wildman–Crippen LogP) is 0.219. The molecule has 1 atom stereocenters. The minimum Gasteiger partial charge on any atom is -0.475 e. The van der Waals surface area contributed by atoms with Gasteiger partial charge in [0.1, 0.15) is 5.76 Å². The molecule has 2 N–H and O–H groups in total. The summed E-state index contributed by atoms with van der Waals surface area (Å²) in [5, 5.41) is 17.0. The Labute approximate surface area is 82.8 Å². The molecule has 0 amide bonds. The molecule has 0 spiro atoms. The number of aliphatic hydroxyl groups excluding tert-OH is 1. The maximum atomic E-state index is 11.1. The van der Waals surface area contributed by atoms with Gasteiger partial charge in [-0.05, 0) is 12.1 Å². The summed E-state index contributed by atoms with van der Waals surface area (Å²) in [5.41, 5.74) is 0. The van der Waals surface area contributed by atoms with Crippen molar-refractivity contribution in [3.05, 3.63) is 23.7 Å². The molecular weight excluding hydrogens is 208 g/mol. The van der Waals surface area contributed by atoms with E-state index in [9.17, 15) is 9.00 Å². The molecule has 0 bridgehead atoms. The summed E-state index contributed by atoms with van der Waals surface area (Å²) in [7, 11) is -1.21. The van der Waals surface area contributed by atoms with Crippen LogP contribution >= 0.6 is 0 Å². The lowest BCUT2D eigenvalue weighted by atomic mass is 10.4. The summed E-state index contributed by atoms with van der Waals surface area (Å²) < 4.78 is 16.0. The number of carbonyl (C=O) groups is 1. The van der Waals surface area contributed by atoms with Gasteiger partial charge in [-0.1, -0.05) is 0 Å². The molecular formula is C8H10O5S. The van der Waals surface area contributed by atoms with Crippen LogP contribution in [0.15, 0.2) is 16.5 Å². The SMILES string of the molecule is O=C(O)c1ccc(CS(=O)CCO)o1. The quantitative estimate of drug-likeness (QED) is 0.738. The first-order valence-corrected chi connectivity index (χ1v) is 5.40. The molecule has 1 aromatic heterocycles. The molecule has 0 radical (unpaired) electrons. The van der Waals surface area contributed by atoms with Gasteiger partial charge in [-0.15, -0.1) is 0 Å². The highest BCUT2D eigenvalue weighted by Gasteiger charge is 2.10. The van der Waals surface area contributed by atoms with Crippen LogP contribution in [0.3, 0.4) is 0 Å². The van der Waals surface area contributed by atoms with Crippen molar-refractivity contribution in [3.8, 4) is 0 Å². The lowest BCUT2D eigenvalue weighted by Gasteiger charge is -1.95. The van der Waals surface area contributed by atoms with Gasteiger partial charge in [0.25, 0.3) is 0 Å². The lowest BCUT2D eigenvalue weighted by molar-refractivity contribution is 0.0660. The zero-order chi connectivity index (χ0) is 10.6. The van der Waals surface area contributed by atoms with Gasteiger partial charge in [-0.3, -0.25) is 4.21 Å².